The molecule has 0 spiro atoms. The molecule has 0 saturated heterocycles. The fraction of sp³-hybridized carbons (Fsp3) is 0.545. The molecule has 0 aromatic carbocycles. The van der Waals surface area contributed by atoms with Crippen LogP contribution in [0.2, 0.25) is 0 Å². The van der Waals surface area contributed by atoms with Crippen LogP contribution in [0.4, 0.5) is 0 Å². The van der Waals surface area contributed by atoms with Crippen LogP contribution in [0.5, 0.6) is 0 Å². The van der Waals surface area contributed by atoms with E-state index in [1.807, 2.05) is 14.1 Å². The van der Waals surface area contributed by atoms with E-state index in [1.54, 1.807) is 18.4 Å². The van der Waals surface area contributed by atoms with Crippen molar-refractivity contribution in [3.63, 3.8) is 0 Å². The van der Waals surface area contributed by atoms with E-state index in [0.29, 0.717) is 13.1 Å². The number of likely N-dealkylation sites (N-methyl/N-ethyl adjacent to an activating group) is 2. The van der Waals surface area contributed by atoms with Crippen LogP contribution >= 0.6 is 11.3 Å². The minimum Gasteiger partial charge on any atom is -0.353 e. The minimum absolute atomic E-state index is 0.0320. The molecule has 0 bridgehead atoms. The number of nitrogens with zero attached hydrogens (tertiary/aromatic N) is 1. The molecule has 5 heteroatoms. The maximum absolute atomic E-state index is 11.4. The maximum atomic E-state index is 11.4. The Kier molecular flexibility index (Phi) is 5.45. The smallest absolute Gasteiger partial charge is 0.234 e. The summed E-state index contributed by atoms with van der Waals surface area (Å²) in [6, 6.07) is 2.34. The fourth-order valence-corrected chi connectivity index (χ4v) is 2.20. The molecule has 1 heterocycles. The van der Waals surface area contributed by atoms with Gasteiger partial charge in [0.1, 0.15) is 0 Å². The highest BCUT2D eigenvalue weighted by Crippen LogP contribution is 2.19. The molecule has 0 aliphatic rings. The monoisotopic (exact) mass is 241 g/mol. The topological polar surface area (TPSA) is 44.4 Å². The highest BCUT2D eigenvalue weighted by Gasteiger charge is 2.15. The molecule has 16 heavy (non-hydrogen) atoms. The molecule has 1 aromatic heterocycles. The number of nitrogens with one attached hydrogen (secondary N) is 2. The average molecular weight is 241 g/mol. The quantitative estimate of drug-likeness (QED) is 0.770. The predicted molar refractivity (Wildman–Crippen MR) is 67.7 cm³/mol. The summed E-state index contributed by atoms with van der Waals surface area (Å²) in [5, 5.41) is 9.92. The van der Waals surface area contributed by atoms with E-state index in [2.05, 4.69) is 32.4 Å². The van der Waals surface area contributed by atoms with Gasteiger partial charge in [0.15, 0.2) is 0 Å². The Balaban J connectivity index is 2.50. The van der Waals surface area contributed by atoms with Gasteiger partial charge in [0.05, 0.1) is 12.6 Å². The Hall–Kier alpha value is -0.910. The third kappa shape index (κ3) is 3.92. The van der Waals surface area contributed by atoms with E-state index in [4.69, 9.17) is 0 Å². The van der Waals surface area contributed by atoms with E-state index >= 15 is 0 Å². The second kappa shape index (κ2) is 6.62. The van der Waals surface area contributed by atoms with Gasteiger partial charge in [0.25, 0.3) is 0 Å². The van der Waals surface area contributed by atoms with Gasteiger partial charge in [-0.25, -0.2) is 0 Å². The Morgan fingerprint density at radius 1 is 1.56 bits per heavy atom. The molecule has 0 saturated carbocycles. The molecule has 0 aliphatic carbocycles. The van der Waals surface area contributed by atoms with Crippen LogP contribution in [0.1, 0.15) is 11.6 Å². The normalized spacial score (nSPS) is 12.8. The molecule has 90 valence electrons. The van der Waals surface area contributed by atoms with Gasteiger partial charge in [-0.05, 0) is 43.5 Å². The van der Waals surface area contributed by atoms with Crippen molar-refractivity contribution in [2.45, 2.75) is 6.04 Å². The first-order valence-electron chi connectivity index (χ1n) is 5.25. The van der Waals surface area contributed by atoms with E-state index in [1.165, 1.54) is 5.56 Å². The molecule has 1 unspecified atom stereocenters. The summed E-state index contributed by atoms with van der Waals surface area (Å²) in [6.07, 6.45) is 0. The van der Waals surface area contributed by atoms with Gasteiger partial charge >= 0.3 is 0 Å². The molecule has 2 N–H and O–H groups in total. The third-order valence-corrected chi connectivity index (χ3v) is 3.08. The number of amides is 1. The number of hydrogen-bond donors (Lipinski definition) is 2. The molecule has 1 aromatic rings. The first-order valence-corrected chi connectivity index (χ1v) is 6.19. The Morgan fingerprint density at radius 3 is 2.81 bits per heavy atom. The lowest BCUT2D eigenvalue weighted by molar-refractivity contribution is -0.120. The first kappa shape index (κ1) is 13.2. The number of hydrogen-bond acceptors (Lipinski definition) is 4. The largest absolute Gasteiger partial charge is 0.353 e. The Labute approximate surface area is 101 Å². The third-order valence-electron chi connectivity index (χ3n) is 2.38. The number of rotatable bonds is 6. The van der Waals surface area contributed by atoms with Gasteiger partial charge in [-0.15, -0.1) is 0 Å². The van der Waals surface area contributed by atoms with E-state index in [-0.39, 0.29) is 11.9 Å². The second-order valence-electron chi connectivity index (χ2n) is 3.87. The van der Waals surface area contributed by atoms with Gasteiger partial charge in [0, 0.05) is 6.54 Å². The van der Waals surface area contributed by atoms with Crippen LogP contribution in [-0.2, 0) is 4.79 Å². The van der Waals surface area contributed by atoms with Gasteiger partial charge in [-0.2, -0.15) is 11.3 Å². The van der Waals surface area contributed by atoms with Crippen molar-refractivity contribution in [1.82, 2.24) is 15.5 Å². The molecule has 0 fully saturated rings. The fourth-order valence-electron chi connectivity index (χ4n) is 1.50. The summed E-state index contributed by atoms with van der Waals surface area (Å²) in [5.41, 5.74) is 1.25. The van der Waals surface area contributed by atoms with Crippen LogP contribution in [0.15, 0.2) is 16.8 Å². The van der Waals surface area contributed by atoms with E-state index in [0.717, 1.165) is 0 Å². The lowest BCUT2D eigenvalue weighted by Gasteiger charge is -2.23. The molecule has 0 radical (unpaired) electrons. The summed E-state index contributed by atoms with van der Waals surface area (Å²) >= 11 is 1.68. The van der Waals surface area contributed by atoms with Crippen molar-refractivity contribution in [3.8, 4) is 0 Å². The molecule has 4 nitrogen and oxygen atoms in total. The highest BCUT2D eigenvalue weighted by atomic mass is 32.1. The van der Waals surface area contributed by atoms with Crippen molar-refractivity contribution in [2.75, 3.05) is 34.2 Å². The van der Waals surface area contributed by atoms with E-state index < -0.39 is 0 Å². The lowest BCUT2D eigenvalue weighted by Crippen LogP contribution is -2.38. The highest BCUT2D eigenvalue weighted by molar-refractivity contribution is 7.07. The van der Waals surface area contributed by atoms with E-state index in [9.17, 15) is 4.79 Å². The summed E-state index contributed by atoms with van der Waals surface area (Å²) in [4.78, 5) is 13.5. The molecule has 1 rings (SSSR count). The summed E-state index contributed by atoms with van der Waals surface area (Å²) in [6.45, 7) is 1.01. The second-order valence-corrected chi connectivity index (χ2v) is 4.65. The van der Waals surface area contributed by atoms with Crippen LogP contribution in [0.3, 0.4) is 0 Å². The van der Waals surface area contributed by atoms with Crippen molar-refractivity contribution in [1.29, 1.82) is 0 Å². The predicted octanol–water partition coefficient (Wildman–Crippen LogP) is 0.686. The number of carbonyl (C=O) groups is 1. The van der Waals surface area contributed by atoms with Gasteiger partial charge < -0.3 is 15.5 Å². The first-order chi connectivity index (χ1) is 7.65. The maximum Gasteiger partial charge on any atom is 0.234 e. The molecule has 0 aliphatic heterocycles. The zero-order valence-electron chi connectivity index (χ0n) is 9.99. The zero-order chi connectivity index (χ0) is 12.0. The average Bonchev–Trinajstić information content (AvgIpc) is 2.71. The number of carbonyl (C=O) groups excluding carboxylic acids is 1. The minimum atomic E-state index is 0.0320. The lowest BCUT2D eigenvalue weighted by atomic mass is 10.1. The summed E-state index contributed by atoms with van der Waals surface area (Å²) in [7, 11) is 5.81. The standard InChI is InChI=1S/C11H19N3OS/c1-12-7-11(15)13-6-10(14(2)3)9-4-5-16-8-9/h4-5,8,10,12H,6-7H2,1-3H3,(H,13,15). The van der Waals surface area contributed by atoms with Crippen LogP contribution in [0, 0.1) is 0 Å². The van der Waals surface area contributed by atoms with Gasteiger partial charge in [-0.3, -0.25) is 4.79 Å². The summed E-state index contributed by atoms with van der Waals surface area (Å²) in [5.74, 6) is 0.0320. The van der Waals surface area contributed by atoms with Crippen LogP contribution in [-0.4, -0.2) is 45.0 Å². The van der Waals surface area contributed by atoms with Crippen molar-refractivity contribution < 1.29 is 4.79 Å². The van der Waals surface area contributed by atoms with Crippen molar-refractivity contribution in [3.05, 3.63) is 22.4 Å². The number of thiophene rings is 1. The van der Waals surface area contributed by atoms with Gasteiger partial charge in [0.2, 0.25) is 5.91 Å². The van der Waals surface area contributed by atoms with Crippen molar-refractivity contribution >= 4 is 17.2 Å². The molecule has 1 atom stereocenters. The van der Waals surface area contributed by atoms with Crippen LogP contribution < -0.4 is 10.6 Å². The molecular formula is C11H19N3OS. The Morgan fingerprint density at radius 2 is 2.31 bits per heavy atom. The van der Waals surface area contributed by atoms with Crippen molar-refractivity contribution in [2.24, 2.45) is 0 Å². The Bertz CT molecular complexity index is 311. The molecular weight excluding hydrogens is 222 g/mol. The zero-order valence-corrected chi connectivity index (χ0v) is 10.8. The molecule has 1 amide bonds. The van der Waals surface area contributed by atoms with Crippen LogP contribution in [0.25, 0.3) is 0 Å². The summed E-state index contributed by atoms with van der Waals surface area (Å²) < 4.78 is 0. The van der Waals surface area contributed by atoms with Gasteiger partial charge in [-0.1, -0.05) is 0 Å². The SMILES string of the molecule is CNCC(=O)NCC(c1ccsc1)N(C)C.